The fraction of sp³-hybridized carbons (Fsp3) is 0.294. The van der Waals surface area contributed by atoms with Gasteiger partial charge in [-0.1, -0.05) is 61.5 Å². The first kappa shape index (κ1) is 31.4. The number of thioether (sulfide) groups is 1. The van der Waals surface area contributed by atoms with Crippen LogP contribution in [0.2, 0.25) is 0 Å². The van der Waals surface area contributed by atoms with Crippen LogP contribution in [-0.2, 0) is 6.42 Å². The summed E-state index contributed by atoms with van der Waals surface area (Å²) in [6.07, 6.45) is 1.32. The molecule has 0 spiro atoms. The van der Waals surface area contributed by atoms with Gasteiger partial charge in [-0.3, -0.25) is 0 Å². The van der Waals surface area contributed by atoms with Crippen LogP contribution < -0.4 is 15.0 Å². The van der Waals surface area contributed by atoms with E-state index in [1.807, 2.05) is 24.3 Å². The smallest absolute Gasteiger partial charge is 0.406 e. The van der Waals surface area contributed by atoms with Crippen molar-refractivity contribution < 1.29 is 22.7 Å². The van der Waals surface area contributed by atoms with Crippen LogP contribution in [0.1, 0.15) is 49.3 Å². The van der Waals surface area contributed by atoms with Gasteiger partial charge in [0.1, 0.15) is 12.1 Å². The molecule has 1 aromatic heterocycles. The van der Waals surface area contributed by atoms with Gasteiger partial charge in [0.2, 0.25) is 0 Å². The number of nitrogens with one attached hydrogen (secondary N) is 1. The van der Waals surface area contributed by atoms with Gasteiger partial charge in [0.25, 0.3) is 0 Å². The number of halogens is 3. The highest BCUT2D eigenvalue weighted by atomic mass is 32.2. The molecular formula is C34H33F3N6O2S. The standard InChI is InChI=1S/C34H33F3N6O2S/c1-3-5-24-9-8-22(2)20-30(24)42-18-19-46-33(42)40-32(44)39-29-7-4-6-28(29)23-10-12-25(13-11-23)31-38-21-43(41-31)26-14-16-27(17-15-26)45-34(35,36)37/h8-17,20-21H,3-7,18-19H2,1-2H3,(H,39,44)/b40-33-. The SMILES string of the molecule is CCCc1ccc(C)cc1N1CCS/C1=N\C(=O)NC1=C(c2ccc(-c3ncn(-c4ccc(OC(F)(F)F)cc4)n3)cc2)CCC1. The second kappa shape index (κ2) is 13.4. The summed E-state index contributed by atoms with van der Waals surface area (Å²) in [6.45, 7) is 5.06. The molecule has 12 heteroatoms. The number of amidine groups is 1. The molecule has 1 aliphatic carbocycles. The van der Waals surface area contributed by atoms with Gasteiger partial charge in [0, 0.05) is 29.2 Å². The van der Waals surface area contributed by atoms with E-state index in [0.717, 1.165) is 77.7 Å². The van der Waals surface area contributed by atoms with E-state index in [9.17, 15) is 18.0 Å². The van der Waals surface area contributed by atoms with E-state index in [4.69, 9.17) is 0 Å². The maximum absolute atomic E-state index is 13.2. The third-order valence-corrected chi connectivity index (χ3v) is 8.78. The van der Waals surface area contributed by atoms with Gasteiger partial charge >= 0.3 is 12.4 Å². The number of hydrogen-bond acceptors (Lipinski definition) is 5. The van der Waals surface area contributed by atoms with E-state index in [1.165, 1.54) is 46.4 Å². The summed E-state index contributed by atoms with van der Waals surface area (Å²) in [5.74, 6) is 1.04. The summed E-state index contributed by atoms with van der Waals surface area (Å²) in [6, 6.07) is 19.3. The van der Waals surface area contributed by atoms with Gasteiger partial charge in [-0.05, 0) is 85.2 Å². The Bertz CT molecular complexity index is 1780. The first-order valence-corrected chi connectivity index (χ1v) is 16.2. The number of alkyl halides is 3. The van der Waals surface area contributed by atoms with Crippen molar-refractivity contribution in [2.45, 2.75) is 52.3 Å². The van der Waals surface area contributed by atoms with Gasteiger partial charge in [-0.2, -0.15) is 4.99 Å². The van der Waals surface area contributed by atoms with E-state index in [0.29, 0.717) is 11.5 Å². The van der Waals surface area contributed by atoms with Crippen LogP contribution in [0, 0.1) is 6.92 Å². The summed E-state index contributed by atoms with van der Waals surface area (Å²) >= 11 is 1.60. The number of anilines is 1. The van der Waals surface area contributed by atoms with Crippen molar-refractivity contribution in [1.29, 1.82) is 0 Å². The summed E-state index contributed by atoms with van der Waals surface area (Å²) in [4.78, 5) is 24.2. The number of amides is 2. The van der Waals surface area contributed by atoms with Crippen molar-refractivity contribution in [1.82, 2.24) is 20.1 Å². The van der Waals surface area contributed by atoms with Crippen molar-refractivity contribution in [3.8, 4) is 22.8 Å². The predicted molar refractivity (Wildman–Crippen MR) is 175 cm³/mol. The van der Waals surface area contributed by atoms with Gasteiger partial charge < -0.3 is 15.0 Å². The molecule has 3 aromatic carbocycles. The highest BCUT2D eigenvalue weighted by Gasteiger charge is 2.31. The third-order valence-electron chi connectivity index (χ3n) is 7.82. The van der Waals surface area contributed by atoms with E-state index < -0.39 is 6.36 Å². The monoisotopic (exact) mass is 646 g/mol. The Morgan fingerprint density at radius 3 is 2.54 bits per heavy atom. The van der Waals surface area contributed by atoms with E-state index >= 15 is 0 Å². The van der Waals surface area contributed by atoms with Crippen LogP contribution in [0.3, 0.4) is 0 Å². The van der Waals surface area contributed by atoms with Gasteiger partial charge in [-0.15, -0.1) is 18.3 Å². The van der Waals surface area contributed by atoms with Crippen LogP contribution in [0.25, 0.3) is 22.6 Å². The average molecular weight is 647 g/mol. The normalized spacial score (nSPS) is 16.0. The van der Waals surface area contributed by atoms with E-state index in [-0.39, 0.29) is 11.8 Å². The molecular weight excluding hydrogens is 613 g/mol. The average Bonchev–Trinajstić information content (AvgIpc) is 3.80. The molecule has 238 valence electrons. The Morgan fingerprint density at radius 2 is 1.80 bits per heavy atom. The van der Waals surface area contributed by atoms with Crippen LogP contribution in [0.15, 0.2) is 83.7 Å². The van der Waals surface area contributed by atoms with Crippen LogP contribution in [-0.4, -0.2) is 44.6 Å². The lowest BCUT2D eigenvalue weighted by molar-refractivity contribution is -0.274. The van der Waals surface area contributed by atoms with Crippen molar-refractivity contribution in [3.63, 3.8) is 0 Å². The fourth-order valence-corrected chi connectivity index (χ4v) is 6.66. The lowest BCUT2D eigenvalue weighted by Gasteiger charge is -2.22. The van der Waals surface area contributed by atoms with Crippen molar-refractivity contribution >= 4 is 34.2 Å². The quantitative estimate of drug-likeness (QED) is 0.207. The van der Waals surface area contributed by atoms with Crippen LogP contribution >= 0.6 is 11.8 Å². The number of benzene rings is 3. The topological polar surface area (TPSA) is 84.6 Å². The molecule has 0 saturated carbocycles. The maximum Gasteiger partial charge on any atom is 0.573 e. The van der Waals surface area contributed by atoms with Crippen molar-refractivity contribution in [2.24, 2.45) is 4.99 Å². The molecule has 0 radical (unpaired) electrons. The largest absolute Gasteiger partial charge is 0.573 e. The molecule has 46 heavy (non-hydrogen) atoms. The second-order valence-corrected chi connectivity index (χ2v) is 12.2. The number of aromatic nitrogens is 3. The highest BCUT2D eigenvalue weighted by molar-refractivity contribution is 8.14. The molecule has 1 aliphatic heterocycles. The minimum Gasteiger partial charge on any atom is -0.406 e. The molecule has 2 amide bonds. The number of hydrogen-bond donors (Lipinski definition) is 1. The number of carbonyl (C=O) groups is 1. The third kappa shape index (κ3) is 7.28. The summed E-state index contributed by atoms with van der Waals surface area (Å²) < 4.78 is 42.8. The van der Waals surface area contributed by atoms with E-state index in [1.54, 1.807) is 11.8 Å². The second-order valence-electron chi connectivity index (χ2n) is 11.1. The minimum atomic E-state index is -4.75. The molecule has 2 aliphatic rings. The number of urea groups is 1. The number of nitrogens with zero attached hydrogens (tertiary/aromatic N) is 5. The fourth-order valence-electron chi connectivity index (χ4n) is 5.71. The molecule has 0 atom stereocenters. The molecule has 0 bridgehead atoms. The minimum absolute atomic E-state index is 0.306. The van der Waals surface area contributed by atoms with Crippen molar-refractivity contribution in [2.75, 3.05) is 17.2 Å². The molecule has 1 fully saturated rings. The summed E-state index contributed by atoms with van der Waals surface area (Å²) in [7, 11) is 0. The Labute approximate surface area is 269 Å². The summed E-state index contributed by atoms with van der Waals surface area (Å²) in [5.41, 5.74) is 7.88. The van der Waals surface area contributed by atoms with Crippen LogP contribution in [0.4, 0.5) is 23.7 Å². The predicted octanol–water partition coefficient (Wildman–Crippen LogP) is 8.31. The molecule has 0 unspecified atom stereocenters. The molecule has 1 N–H and O–H groups in total. The number of rotatable bonds is 8. The lowest BCUT2D eigenvalue weighted by Crippen LogP contribution is -2.28. The molecule has 1 saturated heterocycles. The Hall–Kier alpha value is -4.58. The van der Waals surface area contributed by atoms with Crippen molar-refractivity contribution in [3.05, 3.63) is 95.4 Å². The summed E-state index contributed by atoms with van der Waals surface area (Å²) in [5, 5.41) is 8.29. The molecule has 4 aromatic rings. The Balaban J connectivity index is 1.15. The van der Waals surface area contributed by atoms with Gasteiger partial charge in [0.05, 0.1) is 5.69 Å². The first-order chi connectivity index (χ1) is 22.2. The number of carbonyl (C=O) groups excluding carboxylic acids is 1. The first-order valence-electron chi connectivity index (χ1n) is 15.2. The molecule has 2 heterocycles. The number of aliphatic imine (C=N–C) groups is 1. The Morgan fingerprint density at radius 1 is 1.04 bits per heavy atom. The Kier molecular flexibility index (Phi) is 9.16. The van der Waals surface area contributed by atoms with E-state index in [2.05, 4.69) is 62.1 Å². The molecule has 8 nitrogen and oxygen atoms in total. The molecule has 6 rings (SSSR count). The number of allylic oxidation sites excluding steroid dienone is 2. The lowest BCUT2D eigenvalue weighted by atomic mass is 10.0. The van der Waals surface area contributed by atoms with Gasteiger partial charge in [0.15, 0.2) is 11.0 Å². The zero-order valence-electron chi connectivity index (χ0n) is 25.5. The van der Waals surface area contributed by atoms with Crippen LogP contribution in [0.5, 0.6) is 5.75 Å². The zero-order chi connectivity index (χ0) is 32.3. The number of aryl methyl sites for hydroxylation is 2. The number of ether oxygens (including phenoxy) is 1. The highest BCUT2D eigenvalue weighted by Crippen LogP contribution is 2.34. The zero-order valence-corrected chi connectivity index (χ0v) is 26.3. The maximum atomic E-state index is 13.2. The van der Waals surface area contributed by atoms with Gasteiger partial charge in [-0.25, -0.2) is 14.5 Å².